The maximum Gasteiger partial charge on any atom is 0.239 e. The number of nitrogens with one attached hydrogen (secondary N) is 1. The molecule has 0 aliphatic carbocycles. The topological polar surface area (TPSA) is 62.1 Å². The molecule has 1 aliphatic heterocycles. The highest BCUT2D eigenvalue weighted by atomic mass is 16.5. The molecule has 0 radical (unpaired) electrons. The minimum atomic E-state index is -0.921. The molecular weight excluding hydrogens is 204 g/mol. The second-order valence-electron chi connectivity index (χ2n) is 4.84. The number of carbonyl (C=O) groups is 1. The van der Waals surface area contributed by atoms with Crippen LogP contribution in [0.15, 0.2) is 0 Å². The van der Waals surface area contributed by atoms with E-state index in [4.69, 9.17) is 10.00 Å². The summed E-state index contributed by atoms with van der Waals surface area (Å²) in [7, 11) is 0. The number of amides is 1. The minimum Gasteiger partial charge on any atom is -0.381 e. The Morgan fingerprint density at radius 3 is 2.69 bits per heavy atom. The van der Waals surface area contributed by atoms with Gasteiger partial charge in [0.05, 0.1) is 6.07 Å². The molecule has 0 saturated carbocycles. The Hall–Kier alpha value is -1.08. The number of hydrogen-bond acceptors (Lipinski definition) is 3. The highest BCUT2D eigenvalue weighted by Gasteiger charge is 2.26. The summed E-state index contributed by atoms with van der Waals surface area (Å²) in [5.74, 6) is 0.473. The molecule has 1 heterocycles. The predicted molar refractivity (Wildman–Crippen MR) is 60.6 cm³/mol. The van der Waals surface area contributed by atoms with Crippen LogP contribution >= 0.6 is 0 Å². The zero-order valence-electron chi connectivity index (χ0n) is 10.1. The van der Waals surface area contributed by atoms with Gasteiger partial charge in [0.15, 0.2) is 0 Å². The molecule has 1 aliphatic rings. The van der Waals surface area contributed by atoms with Crippen molar-refractivity contribution in [2.45, 2.75) is 33.1 Å². The molecule has 0 aromatic rings. The van der Waals surface area contributed by atoms with Crippen molar-refractivity contribution < 1.29 is 9.53 Å². The average Bonchev–Trinajstić information content (AvgIpc) is 2.30. The summed E-state index contributed by atoms with van der Waals surface area (Å²) in [5, 5.41) is 11.6. The summed E-state index contributed by atoms with van der Waals surface area (Å²) in [6, 6.07) is 2.00. The summed E-state index contributed by atoms with van der Waals surface area (Å²) in [6.07, 6.45) is 3.14. The Kier molecular flexibility index (Phi) is 4.75. The van der Waals surface area contributed by atoms with Gasteiger partial charge in [0, 0.05) is 19.8 Å². The number of nitrogens with zero attached hydrogens (tertiary/aromatic N) is 1. The Labute approximate surface area is 97.0 Å². The molecular formula is C12H20N2O2. The zero-order chi connectivity index (χ0) is 12.0. The molecule has 0 bridgehead atoms. The van der Waals surface area contributed by atoms with Crippen LogP contribution in [0.3, 0.4) is 0 Å². The van der Waals surface area contributed by atoms with Gasteiger partial charge in [0.25, 0.3) is 0 Å². The van der Waals surface area contributed by atoms with Crippen molar-refractivity contribution in [3.8, 4) is 6.07 Å². The molecule has 90 valence electrons. The van der Waals surface area contributed by atoms with Crippen LogP contribution in [0.4, 0.5) is 0 Å². The van der Waals surface area contributed by atoms with Gasteiger partial charge in [-0.1, -0.05) is 0 Å². The van der Waals surface area contributed by atoms with Gasteiger partial charge < -0.3 is 10.1 Å². The second kappa shape index (κ2) is 5.86. The maximum atomic E-state index is 11.6. The smallest absolute Gasteiger partial charge is 0.239 e. The van der Waals surface area contributed by atoms with Crippen molar-refractivity contribution in [1.82, 2.24) is 5.32 Å². The Bertz CT molecular complexity index is 275. The van der Waals surface area contributed by atoms with E-state index in [-0.39, 0.29) is 5.91 Å². The number of ether oxygens (including phenoxy) is 1. The van der Waals surface area contributed by atoms with Crippen LogP contribution in [0.5, 0.6) is 0 Å². The van der Waals surface area contributed by atoms with Crippen LogP contribution in [0, 0.1) is 22.7 Å². The molecule has 1 saturated heterocycles. The largest absolute Gasteiger partial charge is 0.381 e. The van der Waals surface area contributed by atoms with E-state index in [1.165, 1.54) is 0 Å². The lowest BCUT2D eigenvalue weighted by Crippen LogP contribution is -2.37. The third kappa shape index (κ3) is 3.82. The summed E-state index contributed by atoms with van der Waals surface area (Å²) in [4.78, 5) is 11.6. The summed E-state index contributed by atoms with van der Waals surface area (Å²) < 4.78 is 5.27. The first-order valence-electron chi connectivity index (χ1n) is 5.83. The lowest BCUT2D eigenvalue weighted by atomic mass is 9.93. The second-order valence-corrected chi connectivity index (χ2v) is 4.84. The van der Waals surface area contributed by atoms with E-state index in [2.05, 4.69) is 5.32 Å². The SMILES string of the molecule is CC(C)(C#N)C(=O)NCCC1CCOCC1. The van der Waals surface area contributed by atoms with Crippen molar-refractivity contribution in [3.05, 3.63) is 0 Å². The minimum absolute atomic E-state index is 0.179. The fourth-order valence-corrected chi connectivity index (χ4v) is 1.70. The van der Waals surface area contributed by atoms with Gasteiger partial charge >= 0.3 is 0 Å². The molecule has 1 N–H and O–H groups in total. The molecule has 1 rings (SSSR count). The normalized spacial score (nSPS) is 17.8. The number of nitriles is 1. The Morgan fingerprint density at radius 2 is 2.12 bits per heavy atom. The molecule has 1 fully saturated rings. The standard InChI is InChI=1S/C12H20N2O2/c1-12(2,9-13)11(15)14-6-3-10-4-7-16-8-5-10/h10H,3-8H2,1-2H3,(H,14,15). The van der Waals surface area contributed by atoms with Crippen LogP contribution in [0.25, 0.3) is 0 Å². The Balaban J connectivity index is 2.20. The van der Waals surface area contributed by atoms with Gasteiger partial charge in [0.2, 0.25) is 5.91 Å². The lowest BCUT2D eigenvalue weighted by Gasteiger charge is -2.22. The molecule has 0 aromatic carbocycles. The van der Waals surface area contributed by atoms with E-state index >= 15 is 0 Å². The van der Waals surface area contributed by atoms with Gasteiger partial charge in [-0.3, -0.25) is 4.79 Å². The summed E-state index contributed by atoms with van der Waals surface area (Å²) >= 11 is 0. The van der Waals surface area contributed by atoms with Crippen molar-refractivity contribution >= 4 is 5.91 Å². The highest BCUT2D eigenvalue weighted by molar-refractivity contribution is 5.84. The van der Waals surface area contributed by atoms with E-state index in [0.29, 0.717) is 12.5 Å². The molecule has 0 atom stereocenters. The van der Waals surface area contributed by atoms with E-state index in [0.717, 1.165) is 32.5 Å². The van der Waals surface area contributed by atoms with Gasteiger partial charge in [-0.2, -0.15) is 5.26 Å². The van der Waals surface area contributed by atoms with Crippen molar-refractivity contribution in [2.24, 2.45) is 11.3 Å². The Morgan fingerprint density at radius 1 is 1.50 bits per heavy atom. The van der Waals surface area contributed by atoms with Gasteiger partial charge in [-0.25, -0.2) is 0 Å². The first kappa shape index (κ1) is 13.0. The molecule has 4 nitrogen and oxygen atoms in total. The van der Waals surface area contributed by atoms with Gasteiger partial charge in [0.1, 0.15) is 5.41 Å². The summed E-state index contributed by atoms with van der Waals surface area (Å²) in [6.45, 7) is 5.60. The highest BCUT2D eigenvalue weighted by Crippen LogP contribution is 2.18. The number of hydrogen-bond donors (Lipinski definition) is 1. The molecule has 1 amide bonds. The van der Waals surface area contributed by atoms with Crippen LogP contribution in [-0.4, -0.2) is 25.7 Å². The van der Waals surface area contributed by atoms with Crippen LogP contribution in [-0.2, 0) is 9.53 Å². The van der Waals surface area contributed by atoms with E-state index in [1.54, 1.807) is 13.8 Å². The van der Waals surface area contributed by atoms with Crippen molar-refractivity contribution in [1.29, 1.82) is 5.26 Å². The van der Waals surface area contributed by atoms with Crippen LogP contribution in [0.1, 0.15) is 33.1 Å². The molecule has 0 unspecified atom stereocenters. The van der Waals surface area contributed by atoms with Gasteiger partial charge in [-0.15, -0.1) is 0 Å². The van der Waals surface area contributed by atoms with Crippen LogP contribution in [0.2, 0.25) is 0 Å². The van der Waals surface area contributed by atoms with Crippen molar-refractivity contribution in [2.75, 3.05) is 19.8 Å². The quantitative estimate of drug-likeness (QED) is 0.786. The first-order valence-corrected chi connectivity index (χ1v) is 5.83. The molecule has 0 spiro atoms. The average molecular weight is 224 g/mol. The number of carbonyl (C=O) groups excluding carboxylic acids is 1. The van der Waals surface area contributed by atoms with E-state index in [9.17, 15) is 4.79 Å². The molecule has 16 heavy (non-hydrogen) atoms. The van der Waals surface area contributed by atoms with Crippen LogP contribution < -0.4 is 5.32 Å². The predicted octanol–water partition coefficient (Wildman–Crippen LogP) is 1.47. The molecule has 0 aromatic heterocycles. The third-order valence-electron chi connectivity index (χ3n) is 3.03. The lowest BCUT2D eigenvalue weighted by molar-refractivity contribution is -0.126. The monoisotopic (exact) mass is 224 g/mol. The first-order chi connectivity index (χ1) is 7.56. The zero-order valence-corrected chi connectivity index (χ0v) is 10.1. The molecule has 4 heteroatoms. The van der Waals surface area contributed by atoms with E-state index < -0.39 is 5.41 Å². The van der Waals surface area contributed by atoms with Gasteiger partial charge in [-0.05, 0) is 39.0 Å². The third-order valence-corrected chi connectivity index (χ3v) is 3.03. The van der Waals surface area contributed by atoms with Crippen molar-refractivity contribution in [3.63, 3.8) is 0 Å². The fourth-order valence-electron chi connectivity index (χ4n) is 1.70. The fraction of sp³-hybridized carbons (Fsp3) is 0.833. The number of rotatable bonds is 4. The van der Waals surface area contributed by atoms with E-state index in [1.807, 2.05) is 6.07 Å². The maximum absolute atomic E-state index is 11.6. The summed E-state index contributed by atoms with van der Waals surface area (Å²) in [5.41, 5.74) is -0.921.